The summed E-state index contributed by atoms with van der Waals surface area (Å²) in [6.07, 6.45) is 0. The van der Waals surface area contributed by atoms with E-state index in [-0.39, 0.29) is 5.82 Å². The standard InChI is InChI=1S/C12H12ClFN2O/c1-6-4-9(13)8(5-10(6)14)11-7(2)17-12(15-3)16-11/h4-5H,1-3H3,(H,15,16). The van der Waals surface area contributed by atoms with E-state index in [0.29, 0.717) is 33.6 Å². The molecule has 0 radical (unpaired) electrons. The number of rotatable bonds is 2. The van der Waals surface area contributed by atoms with E-state index < -0.39 is 0 Å². The van der Waals surface area contributed by atoms with Gasteiger partial charge in [0, 0.05) is 12.6 Å². The molecule has 17 heavy (non-hydrogen) atoms. The van der Waals surface area contributed by atoms with Gasteiger partial charge in [0.2, 0.25) is 0 Å². The largest absolute Gasteiger partial charge is 0.428 e. The summed E-state index contributed by atoms with van der Waals surface area (Å²) in [6.45, 7) is 3.43. The van der Waals surface area contributed by atoms with Crippen LogP contribution in [0.2, 0.25) is 5.02 Å². The monoisotopic (exact) mass is 254 g/mol. The molecular weight excluding hydrogens is 243 g/mol. The summed E-state index contributed by atoms with van der Waals surface area (Å²) < 4.78 is 18.9. The maximum absolute atomic E-state index is 13.5. The van der Waals surface area contributed by atoms with E-state index in [1.54, 1.807) is 27.0 Å². The number of benzene rings is 1. The lowest BCUT2D eigenvalue weighted by Gasteiger charge is -2.04. The Morgan fingerprint density at radius 3 is 2.65 bits per heavy atom. The second-order valence-electron chi connectivity index (χ2n) is 3.76. The maximum atomic E-state index is 13.5. The lowest BCUT2D eigenvalue weighted by molar-refractivity contribution is 0.544. The molecule has 0 unspecified atom stereocenters. The fraction of sp³-hybridized carbons (Fsp3) is 0.250. The summed E-state index contributed by atoms with van der Waals surface area (Å²) in [5, 5.41) is 3.25. The molecule has 1 N–H and O–H groups in total. The average molecular weight is 255 g/mol. The Hall–Kier alpha value is -1.55. The fourth-order valence-corrected chi connectivity index (χ4v) is 1.89. The van der Waals surface area contributed by atoms with E-state index in [4.69, 9.17) is 16.0 Å². The maximum Gasteiger partial charge on any atom is 0.295 e. The summed E-state index contributed by atoms with van der Waals surface area (Å²) in [6, 6.07) is 3.34. The number of hydrogen-bond acceptors (Lipinski definition) is 3. The first kappa shape index (κ1) is 11.9. The van der Waals surface area contributed by atoms with E-state index in [9.17, 15) is 4.39 Å². The highest BCUT2D eigenvalue weighted by Gasteiger charge is 2.15. The molecule has 0 saturated carbocycles. The third-order valence-electron chi connectivity index (χ3n) is 2.51. The predicted molar refractivity (Wildman–Crippen MR) is 65.9 cm³/mol. The third kappa shape index (κ3) is 2.13. The molecule has 0 aliphatic heterocycles. The number of hydrogen-bond donors (Lipinski definition) is 1. The molecule has 0 spiro atoms. The molecule has 0 amide bonds. The molecular formula is C12H12ClFN2O. The highest BCUT2D eigenvalue weighted by Crippen LogP contribution is 2.32. The molecule has 1 aromatic carbocycles. The van der Waals surface area contributed by atoms with Gasteiger partial charge in [0.05, 0.1) is 5.02 Å². The van der Waals surface area contributed by atoms with Crippen LogP contribution in [0.3, 0.4) is 0 Å². The van der Waals surface area contributed by atoms with Crippen LogP contribution >= 0.6 is 11.6 Å². The SMILES string of the molecule is CNc1nc(-c2cc(F)c(C)cc2Cl)c(C)o1. The Labute approximate surface area is 104 Å². The molecule has 0 fully saturated rings. The molecule has 0 aliphatic rings. The number of nitrogens with zero attached hydrogens (tertiary/aromatic N) is 1. The summed E-state index contributed by atoms with van der Waals surface area (Å²) >= 11 is 6.09. The molecule has 0 aliphatic carbocycles. The summed E-state index contributed by atoms with van der Waals surface area (Å²) in [7, 11) is 1.70. The van der Waals surface area contributed by atoms with Gasteiger partial charge in [-0.1, -0.05) is 11.6 Å². The van der Waals surface area contributed by atoms with Gasteiger partial charge in [-0.3, -0.25) is 0 Å². The molecule has 0 saturated heterocycles. The highest BCUT2D eigenvalue weighted by molar-refractivity contribution is 6.33. The minimum Gasteiger partial charge on any atom is -0.428 e. The summed E-state index contributed by atoms with van der Waals surface area (Å²) in [5.41, 5.74) is 1.60. The van der Waals surface area contributed by atoms with Crippen LogP contribution in [0.25, 0.3) is 11.3 Å². The van der Waals surface area contributed by atoms with Gasteiger partial charge in [-0.2, -0.15) is 4.98 Å². The van der Waals surface area contributed by atoms with Gasteiger partial charge < -0.3 is 9.73 Å². The quantitative estimate of drug-likeness (QED) is 0.886. The van der Waals surface area contributed by atoms with Gasteiger partial charge in [-0.25, -0.2) is 4.39 Å². The van der Waals surface area contributed by atoms with Crippen molar-refractivity contribution in [2.45, 2.75) is 13.8 Å². The van der Waals surface area contributed by atoms with Crippen molar-refractivity contribution in [3.63, 3.8) is 0 Å². The number of anilines is 1. The van der Waals surface area contributed by atoms with Crippen LogP contribution in [0, 0.1) is 19.7 Å². The van der Waals surface area contributed by atoms with E-state index in [1.807, 2.05) is 0 Å². The first-order valence-corrected chi connectivity index (χ1v) is 5.52. The molecule has 2 rings (SSSR count). The van der Waals surface area contributed by atoms with E-state index in [0.717, 1.165) is 0 Å². The van der Waals surface area contributed by atoms with Crippen LogP contribution in [0.15, 0.2) is 16.5 Å². The van der Waals surface area contributed by atoms with Crippen molar-refractivity contribution >= 4 is 17.6 Å². The van der Waals surface area contributed by atoms with Crippen LogP contribution in [0.4, 0.5) is 10.4 Å². The van der Waals surface area contributed by atoms with Gasteiger partial charge >= 0.3 is 0 Å². The van der Waals surface area contributed by atoms with Gasteiger partial charge in [0.1, 0.15) is 17.3 Å². The number of aromatic nitrogens is 1. The minimum absolute atomic E-state index is 0.308. The minimum atomic E-state index is -0.308. The fourth-order valence-electron chi connectivity index (χ4n) is 1.58. The average Bonchev–Trinajstić information content (AvgIpc) is 2.65. The molecule has 2 aromatic rings. The number of nitrogens with one attached hydrogen (secondary N) is 1. The van der Waals surface area contributed by atoms with Crippen molar-refractivity contribution < 1.29 is 8.81 Å². The smallest absolute Gasteiger partial charge is 0.295 e. The predicted octanol–water partition coefficient (Wildman–Crippen LogP) is 3.79. The Kier molecular flexibility index (Phi) is 3.07. The normalized spacial score (nSPS) is 10.6. The molecule has 1 heterocycles. The third-order valence-corrected chi connectivity index (χ3v) is 2.83. The van der Waals surface area contributed by atoms with Crippen molar-refractivity contribution in [1.82, 2.24) is 4.98 Å². The molecule has 1 aromatic heterocycles. The van der Waals surface area contributed by atoms with Gasteiger partial charge in [0.25, 0.3) is 6.01 Å². The Balaban J connectivity index is 2.59. The molecule has 3 nitrogen and oxygen atoms in total. The second kappa shape index (κ2) is 4.37. The van der Waals surface area contributed by atoms with Crippen LogP contribution < -0.4 is 5.32 Å². The summed E-state index contributed by atoms with van der Waals surface area (Å²) in [4.78, 5) is 4.20. The van der Waals surface area contributed by atoms with Crippen LogP contribution in [-0.4, -0.2) is 12.0 Å². The first-order valence-electron chi connectivity index (χ1n) is 5.14. The van der Waals surface area contributed by atoms with E-state index >= 15 is 0 Å². The van der Waals surface area contributed by atoms with Crippen molar-refractivity contribution in [1.29, 1.82) is 0 Å². The topological polar surface area (TPSA) is 38.1 Å². The van der Waals surface area contributed by atoms with E-state index in [2.05, 4.69) is 10.3 Å². The Bertz CT molecular complexity index is 566. The zero-order chi connectivity index (χ0) is 12.6. The Morgan fingerprint density at radius 1 is 1.35 bits per heavy atom. The number of halogens is 2. The summed E-state index contributed by atoms with van der Waals surface area (Å²) in [5.74, 6) is 0.289. The van der Waals surface area contributed by atoms with Crippen molar-refractivity contribution in [3.05, 3.63) is 34.3 Å². The van der Waals surface area contributed by atoms with Crippen molar-refractivity contribution in [2.24, 2.45) is 0 Å². The second-order valence-corrected chi connectivity index (χ2v) is 4.16. The van der Waals surface area contributed by atoms with Crippen molar-refractivity contribution in [2.75, 3.05) is 12.4 Å². The lowest BCUT2D eigenvalue weighted by Crippen LogP contribution is -1.90. The van der Waals surface area contributed by atoms with Gasteiger partial charge in [0.15, 0.2) is 0 Å². The van der Waals surface area contributed by atoms with E-state index in [1.165, 1.54) is 6.07 Å². The molecule has 90 valence electrons. The molecule has 0 atom stereocenters. The van der Waals surface area contributed by atoms with Crippen LogP contribution in [0.5, 0.6) is 0 Å². The number of oxazole rings is 1. The molecule has 5 heteroatoms. The zero-order valence-corrected chi connectivity index (χ0v) is 10.5. The zero-order valence-electron chi connectivity index (χ0n) is 9.77. The van der Waals surface area contributed by atoms with Crippen LogP contribution in [0.1, 0.15) is 11.3 Å². The first-order chi connectivity index (χ1) is 8.02. The van der Waals surface area contributed by atoms with Crippen LogP contribution in [-0.2, 0) is 0 Å². The Morgan fingerprint density at radius 2 is 2.06 bits per heavy atom. The highest BCUT2D eigenvalue weighted by atomic mass is 35.5. The number of aryl methyl sites for hydroxylation is 2. The lowest BCUT2D eigenvalue weighted by atomic mass is 10.1. The van der Waals surface area contributed by atoms with Gasteiger partial charge in [-0.05, 0) is 31.5 Å². The van der Waals surface area contributed by atoms with Gasteiger partial charge in [-0.15, -0.1) is 0 Å². The molecule has 0 bridgehead atoms. The van der Waals surface area contributed by atoms with Crippen molar-refractivity contribution in [3.8, 4) is 11.3 Å².